The van der Waals surface area contributed by atoms with Crippen molar-refractivity contribution in [2.75, 3.05) is 39.3 Å². The summed E-state index contributed by atoms with van der Waals surface area (Å²) in [6.07, 6.45) is 7.94. The van der Waals surface area contributed by atoms with Gasteiger partial charge in [-0.2, -0.15) is 0 Å². The van der Waals surface area contributed by atoms with E-state index in [0.29, 0.717) is 6.54 Å². The Hall–Kier alpha value is -1.61. The van der Waals surface area contributed by atoms with Gasteiger partial charge in [0.1, 0.15) is 12.4 Å². The summed E-state index contributed by atoms with van der Waals surface area (Å²) in [5.74, 6) is 2.81. The highest BCUT2D eigenvalue weighted by molar-refractivity contribution is 14.0. The lowest BCUT2D eigenvalue weighted by atomic mass is 10.1. The third-order valence-electron chi connectivity index (χ3n) is 6.00. The van der Waals surface area contributed by atoms with Crippen LogP contribution in [0.5, 0.6) is 0 Å². The number of rotatable bonds is 7. The van der Waals surface area contributed by atoms with Crippen molar-refractivity contribution in [3.05, 3.63) is 54.1 Å². The first-order valence-corrected chi connectivity index (χ1v) is 11.1. The number of aliphatic imine (C=N–C) groups is 1. The van der Waals surface area contributed by atoms with Gasteiger partial charge in [0.2, 0.25) is 0 Å². The molecule has 0 aliphatic carbocycles. The van der Waals surface area contributed by atoms with Crippen molar-refractivity contribution in [2.45, 2.75) is 39.3 Å². The molecule has 1 N–H and O–H groups in total. The number of benzene rings is 1. The number of aromatic nitrogens is 2. The Morgan fingerprint density at radius 3 is 2.73 bits per heavy atom. The molecule has 1 aromatic carbocycles. The molecule has 1 atom stereocenters. The highest BCUT2D eigenvalue weighted by Gasteiger charge is 2.27. The number of halogens is 1. The summed E-state index contributed by atoms with van der Waals surface area (Å²) in [5.41, 5.74) is 1.28. The fourth-order valence-electron chi connectivity index (χ4n) is 4.49. The molecule has 2 aromatic rings. The van der Waals surface area contributed by atoms with Crippen LogP contribution in [0.2, 0.25) is 0 Å². The lowest BCUT2D eigenvalue weighted by Gasteiger charge is -2.23. The normalized spacial score (nSPS) is 19.8. The van der Waals surface area contributed by atoms with E-state index in [0.717, 1.165) is 43.9 Å². The van der Waals surface area contributed by atoms with E-state index < -0.39 is 0 Å². The number of hydrogen-bond acceptors (Lipinski definition) is 3. The van der Waals surface area contributed by atoms with E-state index in [4.69, 9.17) is 4.99 Å². The van der Waals surface area contributed by atoms with E-state index in [-0.39, 0.29) is 24.0 Å². The van der Waals surface area contributed by atoms with Crippen molar-refractivity contribution in [3.63, 3.8) is 0 Å². The predicted octanol–water partition coefficient (Wildman–Crippen LogP) is 3.43. The summed E-state index contributed by atoms with van der Waals surface area (Å²) in [6.45, 7) is 10.5. The zero-order chi connectivity index (χ0) is 19.9. The molecule has 164 valence electrons. The summed E-state index contributed by atoms with van der Waals surface area (Å²) in [6, 6.07) is 10.5. The standard InChI is InChI=1S/C23H34N6.HI/c1-2-24-23(29-14-10-21(19-29)17-27-12-6-7-13-27)26-16-22-25-11-15-28(22)18-20-8-4-3-5-9-20;/h3-5,8-9,11,15,21H,2,6-7,10,12-14,16-19H2,1H3,(H,24,26);1H. The van der Waals surface area contributed by atoms with Gasteiger partial charge >= 0.3 is 0 Å². The van der Waals surface area contributed by atoms with Crippen molar-refractivity contribution in [1.82, 2.24) is 24.7 Å². The number of nitrogens with zero attached hydrogens (tertiary/aromatic N) is 5. The maximum absolute atomic E-state index is 4.94. The fraction of sp³-hybridized carbons (Fsp3) is 0.565. The minimum Gasteiger partial charge on any atom is -0.357 e. The molecule has 2 aliphatic heterocycles. The van der Waals surface area contributed by atoms with Crippen LogP contribution in [0.1, 0.15) is 37.6 Å². The Morgan fingerprint density at radius 2 is 1.97 bits per heavy atom. The van der Waals surface area contributed by atoms with Crippen LogP contribution in [-0.4, -0.2) is 64.6 Å². The van der Waals surface area contributed by atoms with Crippen molar-refractivity contribution in [2.24, 2.45) is 10.9 Å². The molecule has 4 rings (SSSR count). The molecule has 0 saturated carbocycles. The molecule has 7 heteroatoms. The molecule has 30 heavy (non-hydrogen) atoms. The van der Waals surface area contributed by atoms with Crippen LogP contribution in [0.3, 0.4) is 0 Å². The smallest absolute Gasteiger partial charge is 0.194 e. The number of imidazole rings is 1. The number of hydrogen-bond donors (Lipinski definition) is 1. The van der Waals surface area contributed by atoms with E-state index in [1.165, 1.54) is 44.5 Å². The molecule has 6 nitrogen and oxygen atoms in total. The van der Waals surface area contributed by atoms with E-state index in [1.54, 1.807) is 0 Å². The Kier molecular flexibility index (Phi) is 8.99. The number of likely N-dealkylation sites (tertiary alicyclic amines) is 2. The summed E-state index contributed by atoms with van der Waals surface area (Å²) >= 11 is 0. The third-order valence-corrected chi connectivity index (χ3v) is 6.00. The van der Waals surface area contributed by atoms with Gasteiger partial charge in [0.05, 0.1) is 0 Å². The van der Waals surface area contributed by atoms with Gasteiger partial charge in [0.25, 0.3) is 0 Å². The average molecular weight is 522 g/mol. The van der Waals surface area contributed by atoms with Gasteiger partial charge < -0.3 is 19.7 Å². The molecule has 0 amide bonds. The SMILES string of the molecule is CCNC(=NCc1nccn1Cc1ccccc1)N1CCC(CN2CCCC2)C1.I. The van der Waals surface area contributed by atoms with Crippen LogP contribution in [0, 0.1) is 5.92 Å². The minimum absolute atomic E-state index is 0. The molecule has 2 aliphatic rings. The molecule has 2 fully saturated rings. The molecule has 2 saturated heterocycles. The maximum Gasteiger partial charge on any atom is 0.194 e. The molecular weight excluding hydrogens is 487 g/mol. The average Bonchev–Trinajstić information content (AvgIpc) is 3.50. The van der Waals surface area contributed by atoms with Gasteiger partial charge in [-0.15, -0.1) is 24.0 Å². The highest BCUT2D eigenvalue weighted by atomic mass is 127. The second-order valence-corrected chi connectivity index (χ2v) is 8.24. The molecule has 0 bridgehead atoms. The van der Waals surface area contributed by atoms with Crippen LogP contribution in [0.25, 0.3) is 0 Å². The molecule has 0 spiro atoms. The lowest BCUT2D eigenvalue weighted by Crippen LogP contribution is -2.40. The second kappa shape index (κ2) is 11.7. The summed E-state index contributed by atoms with van der Waals surface area (Å²) < 4.78 is 2.20. The Morgan fingerprint density at radius 1 is 1.17 bits per heavy atom. The van der Waals surface area contributed by atoms with Gasteiger partial charge in [-0.05, 0) is 50.8 Å². The largest absolute Gasteiger partial charge is 0.357 e. The van der Waals surface area contributed by atoms with E-state index >= 15 is 0 Å². The van der Waals surface area contributed by atoms with Crippen LogP contribution in [0.15, 0.2) is 47.7 Å². The summed E-state index contributed by atoms with van der Waals surface area (Å²) in [5, 5.41) is 3.50. The van der Waals surface area contributed by atoms with Gasteiger partial charge in [-0.25, -0.2) is 9.98 Å². The Bertz CT molecular complexity index is 784. The van der Waals surface area contributed by atoms with Gasteiger partial charge in [-0.1, -0.05) is 30.3 Å². The van der Waals surface area contributed by atoms with Crippen molar-refractivity contribution in [1.29, 1.82) is 0 Å². The lowest BCUT2D eigenvalue weighted by molar-refractivity contribution is 0.281. The molecule has 1 aromatic heterocycles. The molecule has 3 heterocycles. The van der Waals surface area contributed by atoms with E-state index in [9.17, 15) is 0 Å². The van der Waals surface area contributed by atoms with E-state index in [2.05, 4.69) is 61.9 Å². The highest BCUT2D eigenvalue weighted by Crippen LogP contribution is 2.20. The zero-order valence-corrected chi connectivity index (χ0v) is 20.4. The van der Waals surface area contributed by atoms with Gasteiger partial charge in [0.15, 0.2) is 5.96 Å². The first-order valence-electron chi connectivity index (χ1n) is 11.1. The molecule has 1 unspecified atom stereocenters. The summed E-state index contributed by atoms with van der Waals surface area (Å²) in [4.78, 5) is 14.6. The molecular formula is C23H35IN6. The maximum atomic E-state index is 4.94. The fourth-order valence-corrected chi connectivity index (χ4v) is 4.49. The van der Waals surface area contributed by atoms with Crippen molar-refractivity contribution < 1.29 is 0 Å². The topological polar surface area (TPSA) is 48.7 Å². The van der Waals surface area contributed by atoms with Gasteiger partial charge in [0, 0.05) is 45.1 Å². The first-order chi connectivity index (χ1) is 14.3. The monoisotopic (exact) mass is 522 g/mol. The van der Waals surface area contributed by atoms with Crippen LogP contribution < -0.4 is 5.32 Å². The predicted molar refractivity (Wildman–Crippen MR) is 133 cm³/mol. The first kappa shape index (κ1) is 23.1. The molecule has 0 radical (unpaired) electrons. The number of nitrogens with one attached hydrogen (secondary N) is 1. The van der Waals surface area contributed by atoms with E-state index in [1.807, 2.05) is 12.4 Å². The van der Waals surface area contributed by atoms with Crippen LogP contribution in [0.4, 0.5) is 0 Å². The third kappa shape index (κ3) is 6.20. The van der Waals surface area contributed by atoms with Crippen molar-refractivity contribution >= 4 is 29.9 Å². The second-order valence-electron chi connectivity index (χ2n) is 8.24. The van der Waals surface area contributed by atoms with Crippen LogP contribution in [-0.2, 0) is 13.1 Å². The minimum atomic E-state index is 0. The zero-order valence-electron chi connectivity index (χ0n) is 18.0. The Balaban J connectivity index is 0.00000256. The van der Waals surface area contributed by atoms with Gasteiger partial charge in [-0.3, -0.25) is 0 Å². The quantitative estimate of drug-likeness (QED) is 0.344. The number of guanidine groups is 1. The summed E-state index contributed by atoms with van der Waals surface area (Å²) in [7, 11) is 0. The van der Waals surface area contributed by atoms with Crippen molar-refractivity contribution in [3.8, 4) is 0 Å². The van der Waals surface area contributed by atoms with Crippen LogP contribution >= 0.6 is 24.0 Å². The Labute approximate surface area is 197 Å².